The van der Waals surface area contributed by atoms with Crippen LogP contribution in [-0.2, 0) is 11.3 Å². The van der Waals surface area contributed by atoms with E-state index in [9.17, 15) is 9.59 Å². The first-order chi connectivity index (χ1) is 11.2. The molecule has 0 aromatic carbocycles. The number of carboxylic acid groups (broad SMARTS) is 1. The molecule has 1 heterocycles. The monoisotopic (exact) mass is 338 g/mol. The summed E-state index contributed by atoms with van der Waals surface area (Å²) in [6, 6.07) is 1.79. The summed E-state index contributed by atoms with van der Waals surface area (Å²) in [4.78, 5) is 22.6. The third-order valence-corrected chi connectivity index (χ3v) is 4.01. The number of carbonyl (C=O) groups excluding carboxylic acids is 1. The molecule has 134 valence electrons. The molecule has 2 atom stereocenters. The van der Waals surface area contributed by atoms with Gasteiger partial charge in [-0.3, -0.25) is 0 Å². The van der Waals surface area contributed by atoms with E-state index < -0.39 is 17.7 Å². The zero-order valence-corrected chi connectivity index (χ0v) is 14.4. The van der Waals surface area contributed by atoms with Crippen LogP contribution in [-0.4, -0.2) is 35.4 Å². The molecule has 2 unspecified atom stereocenters. The maximum Gasteiger partial charge on any atom is 0.407 e. The third-order valence-electron chi connectivity index (χ3n) is 4.01. The fourth-order valence-corrected chi connectivity index (χ4v) is 2.90. The number of hydrogen-bond acceptors (Lipinski definition) is 5. The number of rotatable bonds is 6. The van der Waals surface area contributed by atoms with Gasteiger partial charge in [0.05, 0.1) is 12.1 Å². The summed E-state index contributed by atoms with van der Waals surface area (Å²) in [5.41, 5.74) is -0.347. The summed E-state index contributed by atoms with van der Waals surface area (Å²) >= 11 is 0. The second kappa shape index (κ2) is 7.70. The van der Waals surface area contributed by atoms with Crippen molar-refractivity contribution in [2.75, 3.05) is 6.54 Å². The molecular weight excluding hydrogens is 312 g/mol. The summed E-state index contributed by atoms with van der Waals surface area (Å²) in [6.45, 7) is 6.54. The second-order valence-electron chi connectivity index (χ2n) is 7.17. The van der Waals surface area contributed by atoms with Crippen molar-refractivity contribution in [3.05, 3.63) is 23.7 Å². The molecule has 1 fully saturated rings. The Morgan fingerprint density at radius 1 is 1.38 bits per heavy atom. The van der Waals surface area contributed by atoms with Crippen LogP contribution in [0.3, 0.4) is 0 Å². The Labute approximate surface area is 141 Å². The van der Waals surface area contributed by atoms with E-state index in [0.29, 0.717) is 24.8 Å². The molecule has 2 rings (SSSR count). The number of furan rings is 1. The van der Waals surface area contributed by atoms with Crippen LogP contribution in [0, 0.1) is 5.92 Å². The fraction of sp³-hybridized carbons (Fsp3) is 0.647. The molecule has 1 amide bonds. The molecule has 1 aromatic rings. The molecule has 1 aliphatic rings. The summed E-state index contributed by atoms with van der Waals surface area (Å²) in [6.07, 6.45) is 4.00. The van der Waals surface area contributed by atoms with E-state index in [1.54, 1.807) is 0 Å². The van der Waals surface area contributed by atoms with Gasteiger partial charge in [-0.25, -0.2) is 9.59 Å². The molecule has 0 aliphatic heterocycles. The number of aromatic carboxylic acids is 1. The standard InChI is InChI=1S/C17H26N2O5/c1-17(2,3)24-16(22)19-8-11-5-4-6-14(11)18-9-13-7-12(10-23-13)15(20)21/h7,10-11,14,18H,4-6,8-9H2,1-3H3,(H,19,22)(H,20,21). The van der Waals surface area contributed by atoms with Crippen LogP contribution < -0.4 is 10.6 Å². The molecule has 1 aromatic heterocycles. The van der Waals surface area contributed by atoms with Gasteiger partial charge < -0.3 is 24.9 Å². The van der Waals surface area contributed by atoms with Crippen LogP contribution in [0.15, 0.2) is 16.7 Å². The average Bonchev–Trinajstić information content (AvgIpc) is 3.10. The molecule has 0 radical (unpaired) electrons. The van der Waals surface area contributed by atoms with E-state index in [0.717, 1.165) is 19.3 Å². The number of nitrogens with one attached hydrogen (secondary N) is 2. The van der Waals surface area contributed by atoms with Crippen LogP contribution in [0.5, 0.6) is 0 Å². The Morgan fingerprint density at radius 3 is 2.75 bits per heavy atom. The predicted molar refractivity (Wildman–Crippen MR) is 87.9 cm³/mol. The minimum absolute atomic E-state index is 0.154. The highest BCUT2D eigenvalue weighted by Gasteiger charge is 2.28. The van der Waals surface area contributed by atoms with Gasteiger partial charge in [0.2, 0.25) is 0 Å². The van der Waals surface area contributed by atoms with Gasteiger partial charge in [-0.2, -0.15) is 0 Å². The van der Waals surface area contributed by atoms with Crippen LogP contribution in [0.2, 0.25) is 0 Å². The number of carbonyl (C=O) groups is 2. The normalized spacial score (nSPS) is 20.8. The lowest BCUT2D eigenvalue weighted by molar-refractivity contribution is 0.0516. The van der Waals surface area contributed by atoms with Crippen LogP contribution in [0.1, 0.15) is 56.2 Å². The topological polar surface area (TPSA) is 101 Å². The molecular formula is C17H26N2O5. The van der Waals surface area contributed by atoms with Crippen molar-refractivity contribution in [1.29, 1.82) is 0 Å². The minimum Gasteiger partial charge on any atom is -0.478 e. The number of carboxylic acids is 1. The zero-order chi connectivity index (χ0) is 17.7. The third kappa shape index (κ3) is 5.56. The number of amides is 1. The minimum atomic E-state index is -0.995. The van der Waals surface area contributed by atoms with E-state index in [4.69, 9.17) is 14.3 Å². The Bertz CT molecular complexity index is 576. The highest BCUT2D eigenvalue weighted by atomic mass is 16.6. The maximum atomic E-state index is 11.7. The smallest absolute Gasteiger partial charge is 0.407 e. The van der Waals surface area contributed by atoms with Crippen molar-refractivity contribution in [3.63, 3.8) is 0 Å². The fourth-order valence-electron chi connectivity index (χ4n) is 2.90. The maximum absolute atomic E-state index is 11.7. The molecule has 7 nitrogen and oxygen atoms in total. The molecule has 1 aliphatic carbocycles. The van der Waals surface area contributed by atoms with E-state index in [1.165, 1.54) is 12.3 Å². The Hall–Kier alpha value is -2.02. The van der Waals surface area contributed by atoms with Crippen molar-refractivity contribution in [1.82, 2.24) is 10.6 Å². The molecule has 0 saturated heterocycles. The van der Waals surface area contributed by atoms with Crippen molar-refractivity contribution >= 4 is 12.1 Å². The van der Waals surface area contributed by atoms with Crippen molar-refractivity contribution < 1.29 is 23.8 Å². The second-order valence-corrected chi connectivity index (χ2v) is 7.17. The summed E-state index contributed by atoms with van der Waals surface area (Å²) in [5.74, 6) is -0.0742. The quantitative estimate of drug-likeness (QED) is 0.737. The summed E-state index contributed by atoms with van der Waals surface area (Å²) in [7, 11) is 0. The molecule has 0 spiro atoms. The van der Waals surface area contributed by atoms with Gasteiger partial charge in [0.1, 0.15) is 17.6 Å². The first-order valence-corrected chi connectivity index (χ1v) is 8.25. The van der Waals surface area contributed by atoms with E-state index in [2.05, 4.69) is 10.6 Å². The lowest BCUT2D eigenvalue weighted by atomic mass is 10.0. The zero-order valence-electron chi connectivity index (χ0n) is 14.4. The van der Waals surface area contributed by atoms with Crippen molar-refractivity contribution in [2.24, 2.45) is 5.92 Å². The van der Waals surface area contributed by atoms with Crippen LogP contribution >= 0.6 is 0 Å². The van der Waals surface area contributed by atoms with Crippen LogP contribution in [0.4, 0.5) is 4.79 Å². The highest BCUT2D eigenvalue weighted by Crippen LogP contribution is 2.25. The predicted octanol–water partition coefficient (Wildman–Crippen LogP) is 2.76. The van der Waals surface area contributed by atoms with Crippen molar-refractivity contribution in [2.45, 2.75) is 58.2 Å². The van der Waals surface area contributed by atoms with E-state index >= 15 is 0 Å². The van der Waals surface area contributed by atoms with E-state index in [-0.39, 0.29) is 11.6 Å². The Morgan fingerprint density at radius 2 is 2.12 bits per heavy atom. The van der Waals surface area contributed by atoms with Gasteiger partial charge in [0.15, 0.2) is 0 Å². The molecule has 0 bridgehead atoms. The number of alkyl carbamates (subject to hydrolysis) is 1. The first-order valence-electron chi connectivity index (χ1n) is 8.25. The molecule has 24 heavy (non-hydrogen) atoms. The molecule has 1 saturated carbocycles. The van der Waals surface area contributed by atoms with Gasteiger partial charge in [-0.1, -0.05) is 6.42 Å². The largest absolute Gasteiger partial charge is 0.478 e. The van der Waals surface area contributed by atoms with Gasteiger partial charge in [-0.05, 0) is 45.6 Å². The van der Waals surface area contributed by atoms with E-state index in [1.807, 2.05) is 20.8 Å². The van der Waals surface area contributed by atoms with Gasteiger partial charge in [0, 0.05) is 12.6 Å². The highest BCUT2D eigenvalue weighted by molar-refractivity contribution is 5.87. The van der Waals surface area contributed by atoms with Crippen LogP contribution in [0.25, 0.3) is 0 Å². The number of ether oxygens (including phenoxy) is 1. The molecule has 3 N–H and O–H groups in total. The van der Waals surface area contributed by atoms with Gasteiger partial charge in [0.25, 0.3) is 0 Å². The summed E-state index contributed by atoms with van der Waals surface area (Å²) < 4.78 is 10.5. The number of hydrogen-bond donors (Lipinski definition) is 3. The van der Waals surface area contributed by atoms with Gasteiger partial charge >= 0.3 is 12.1 Å². The van der Waals surface area contributed by atoms with Crippen molar-refractivity contribution in [3.8, 4) is 0 Å². The molecule has 7 heteroatoms. The van der Waals surface area contributed by atoms with Gasteiger partial charge in [-0.15, -0.1) is 0 Å². The lowest BCUT2D eigenvalue weighted by Crippen LogP contribution is -2.40. The lowest BCUT2D eigenvalue weighted by Gasteiger charge is -2.23. The average molecular weight is 338 g/mol. The first kappa shape index (κ1) is 18.3. The SMILES string of the molecule is CC(C)(C)OC(=O)NCC1CCCC1NCc1cc(C(=O)O)co1. The Kier molecular flexibility index (Phi) is 5.88. The Balaban J connectivity index is 1.78. The summed E-state index contributed by atoms with van der Waals surface area (Å²) in [5, 5.41) is 15.1.